The van der Waals surface area contributed by atoms with Crippen LogP contribution >= 0.6 is 0 Å². The van der Waals surface area contributed by atoms with Gasteiger partial charge in [-0.1, -0.05) is 65.9 Å². The molecule has 0 saturated carbocycles. The summed E-state index contributed by atoms with van der Waals surface area (Å²) in [5, 5.41) is 18.6. The number of amides is 2. The molecule has 0 aliphatic rings. The van der Waals surface area contributed by atoms with Gasteiger partial charge < -0.3 is 15.2 Å². The van der Waals surface area contributed by atoms with Crippen LogP contribution in [0.1, 0.15) is 49.9 Å². The summed E-state index contributed by atoms with van der Waals surface area (Å²) < 4.78 is 5.66. The van der Waals surface area contributed by atoms with Gasteiger partial charge in [-0.05, 0) is 59.9 Å². The van der Waals surface area contributed by atoms with E-state index in [0.717, 1.165) is 44.8 Å². The van der Waals surface area contributed by atoms with Crippen molar-refractivity contribution < 1.29 is 9.59 Å². The van der Waals surface area contributed by atoms with Crippen LogP contribution in [-0.4, -0.2) is 62.7 Å². The quantitative estimate of drug-likeness (QED) is 0.172. The number of aromatic nitrogens is 9. The third kappa shape index (κ3) is 7.46. The Balaban J connectivity index is 0.895. The average Bonchev–Trinajstić information content (AvgIpc) is 3.91. The monoisotopic (exact) mass is 665 g/mol. The first-order chi connectivity index (χ1) is 24.5. The molecule has 50 heavy (non-hydrogen) atoms. The fraction of sp³-hybridized carbons (Fsp3) is 0.189. The number of pyridine rings is 1. The van der Waals surface area contributed by atoms with E-state index in [1.54, 1.807) is 21.8 Å². The van der Waals surface area contributed by atoms with Gasteiger partial charge in [0.25, 0.3) is 11.8 Å². The third-order valence-electron chi connectivity index (χ3n) is 8.39. The second-order valence-electron chi connectivity index (χ2n) is 11.9. The lowest BCUT2D eigenvalue weighted by Crippen LogP contribution is -2.27. The Morgan fingerprint density at radius 2 is 1.70 bits per heavy atom. The number of rotatable bonds is 13. The smallest absolute Gasteiger partial charge is 0.269 e. The van der Waals surface area contributed by atoms with Crippen molar-refractivity contribution in [3.05, 3.63) is 144 Å². The predicted molar refractivity (Wildman–Crippen MR) is 187 cm³/mol. The molecule has 2 amide bonds. The molecule has 13 heteroatoms. The van der Waals surface area contributed by atoms with Crippen molar-refractivity contribution in [2.75, 3.05) is 6.54 Å². The number of carbonyl (C=O) groups excluding carboxylic acids is 2. The molecule has 3 aromatic carbocycles. The molecule has 2 N–H and O–H groups in total. The standard InChI is InChI=1S/C37H35N11O2/c1-26-43-33-9-4-5-10-35(33)48(26)23-31-22-46(45-44-31)18-6-16-40-37(50)34-19-29(15-17-39-34)36(49)41-20-30-7-2-3-8-32(30)28-13-11-27(12-14-28)21-47-25-38-24-42-47/h2-5,7-15,17,19,22,24-25H,6,16,18,20-21,23H2,1H3,(H,40,50)(H,41,49). The molecular weight excluding hydrogens is 630 g/mol. The summed E-state index contributed by atoms with van der Waals surface area (Å²) in [6.45, 7) is 4.51. The highest BCUT2D eigenvalue weighted by molar-refractivity contribution is 5.98. The van der Waals surface area contributed by atoms with E-state index in [4.69, 9.17) is 0 Å². The summed E-state index contributed by atoms with van der Waals surface area (Å²) in [6.07, 6.45) is 7.24. The largest absolute Gasteiger partial charge is 0.351 e. The lowest BCUT2D eigenvalue weighted by Gasteiger charge is -2.12. The Labute approximate surface area is 288 Å². The summed E-state index contributed by atoms with van der Waals surface area (Å²) in [7, 11) is 0. The fourth-order valence-corrected chi connectivity index (χ4v) is 5.83. The van der Waals surface area contributed by atoms with Crippen molar-refractivity contribution in [1.82, 2.24) is 54.9 Å². The number of para-hydroxylation sites is 2. The molecule has 4 aromatic heterocycles. The molecule has 7 aromatic rings. The summed E-state index contributed by atoms with van der Waals surface area (Å²) in [5.74, 6) is 0.279. The van der Waals surface area contributed by atoms with Gasteiger partial charge >= 0.3 is 0 Å². The zero-order valence-electron chi connectivity index (χ0n) is 27.5. The van der Waals surface area contributed by atoms with Crippen molar-refractivity contribution in [2.24, 2.45) is 0 Å². The van der Waals surface area contributed by atoms with Gasteiger partial charge in [0.15, 0.2) is 0 Å². The predicted octanol–water partition coefficient (Wildman–Crippen LogP) is 4.44. The van der Waals surface area contributed by atoms with Gasteiger partial charge in [0.2, 0.25) is 0 Å². The Bertz CT molecular complexity index is 2240. The Morgan fingerprint density at radius 3 is 2.56 bits per heavy atom. The lowest BCUT2D eigenvalue weighted by molar-refractivity contribution is 0.0947. The molecule has 4 heterocycles. The highest BCUT2D eigenvalue weighted by Crippen LogP contribution is 2.24. The van der Waals surface area contributed by atoms with Crippen molar-refractivity contribution in [3.63, 3.8) is 0 Å². The number of aryl methyl sites for hydroxylation is 2. The zero-order chi connectivity index (χ0) is 34.3. The maximum absolute atomic E-state index is 13.1. The molecule has 0 saturated heterocycles. The lowest BCUT2D eigenvalue weighted by atomic mass is 9.98. The third-order valence-corrected chi connectivity index (χ3v) is 8.39. The van der Waals surface area contributed by atoms with Crippen LogP contribution in [0.3, 0.4) is 0 Å². The van der Waals surface area contributed by atoms with Crippen LogP contribution in [0.25, 0.3) is 22.2 Å². The Morgan fingerprint density at radius 1 is 0.860 bits per heavy atom. The van der Waals surface area contributed by atoms with Crippen LogP contribution in [0.4, 0.5) is 0 Å². The second kappa shape index (κ2) is 14.7. The summed E-state index contributed by atoms with van der Waals surface area (Å²) in [6, 6.07) is 27.3. The minimum atomic E-state index is -0.348. The minimum Gasteiger partial charge on any atom is -0.351 e. The molecular formula is C37H35N11O2. The van der Waals surface area contributed by atoms with Crippen LogP contribution in [0.15, 0.2) is 110 Å². The molecule has 0 bridgehead atoms. The molecule has 13 nitrogen and oxygen atoms in total. The van der Waals surface area contributed by atoms with E-state index in [9.17, 15) is 9.59 Å². The molecule has 250 valence electrons. The van der Waals surface area contributed by atoms with Crippen LogP contribution in [0.2, 0.25) is 0 Å². The minimum absolute atomic E-state index is 0.176. The van der Waals surface area contributed by atoms with E-state index in [1.165, 1.54) is 18.6 Å². The van der Waals surface area contributed by atoms with E-state index in [0.29, 0.717) is 44.7 Å². The van der Waals surface area contributed by atoms with Crippen LogP contribution in [-0.2, 0) is 26.2 Å². The van der Waals surface area contributed by atoms with Crippen molar-refractivity contribution >= 4 is 22.8 Å². The normalized spacial score (nSPS) is 11.1. The SMILES string of the molecule is Cc1nc2ccccc2n1Cc1cn(CCCNC(=O)c2cc(C(=O)NCc3ccccc3-c3ccc(Cn4cncn4)cc3)ccn2)nn1. The first-order valence-electron chi connectivity index (χ1n) is 16.3. The molecule has 0 aliphatic heterocycles. The van der Waals surface area contributed by atoms with Gasteiger partial charge in [-0.3, -0.25) is 19.3 Å². The van der Waals surface area contributed by atoms with Gasteiger partial charge in [0.1, 0.15) is 29.9 Å². The number of nitrogens with one attached hydrogen (secondary N) is 2. The molecule has 0 fully saturated rings. The van der Waals surface area contributed by atoms with Gasteiger partial charge in [-0.2, -0.15) is 5.10 Å². The van der Waals surface area contributed by atoms with Crippen molar-refractivity contribution in [3.8, 4) is 11.1 Å². The Hall–Kier alpha value is -6.50. The molecule has 0 radical (unpaired) electrons. The van der Waals surface area contributed by atoms with Crippen LogP contribution in [0.5, 0.6) is 0 Å². The number of hydrogen-bond acceptors (Lipinski definition) is 8. The zero-order valence-corrected chi connectivity index (χ0v) is 27.5. The second-order valence-corrected chi connectivity index (χ2v) is 11.9. The van der Waals surface area contributed by atoms with Crippen molar-refractivity contribution in [2.45, 2.75) is 39.5 Å². The topological polar surface area (TPSA) is 150 Å². The van der Waals surface area contributed by atoms with Gasteiger partial charge in [0, 0.05) is 31.4 Å². The summed E-state index contributed by atoms with van der Waals surface area (Å²) in [4.78, 5) is 38.8. The van der Waals surface area contributed by atoms with Crippen molar-refractivity contribution in [1.29, 1.82) is 0 Å². The van der Waals surface area contributed by atoms with E-state index < -0.39 is 0 Å². The number of carbonyl (C=O) groups is 2. The molecule has 0 atom stereocenters. The van der Waals surface area contributed by atoms with Gasteiger partial charge in [-0.15, -0.1) is 5.10 Å². The van der Waals surface area contributed by atoms with E-state index >= 15 is 0 Å². The summed E-state index contributed by atoms with van der Waals surface area (Å²) in [5.41, 5.74) is 7.53. The number of hydrogen-bond donors (Lipinski definition) is 2. The van der Waals surface area contributed by atoms with E-state index in [-0.39, 0.29) is 17.5 Å². The maximum atomic E-state index is 13.1. The number of nitrogens with zero attached hydrogens (tertiary/aromatic N) is 9. The van der Waals surface area contributed by atoms with Gasteiger partial charge in [-0.25, -0.2) is 14.6 Å². The fourth-order valence-electron chi connectivity index (χ4n) is 5.83. The van der Waals surface area contributed by atoms with Crippen LogP contribution in [0, 0.1) is 6.92 Å². The Kier molecular flexibility index (Phi) is 9.44. The molecule has 0 aliphatic carbocycles. The highest BCUT2D eigenvalue weighted by Gasteiger charge is 2.14. The van der Waals surface area contributed by atoms with Gasteiger partial charge in [0.05, 0.1) is 30.3 Å². The number of benzene rings is 3. The van der Waals surface area contributed by atoms with E-state index in [2.05, 4.69) is 69.8 Å². The first-order valence-corrected chi connectivity index (χ1v) is 16.3. The average molecular weight is 666 g/mol. The number of fused-ring (bicyclic) bond motifs is 1. The molecule has 0 spiro atoms. The van der Waals surface area contributed by atoms with E-state index in [1.807, 2.05) is 61.7 Å². The summed E-state index contributed by atoms with van der Waals surface area (Å²) >= 11 is 0. The highest BCUT2D eigenvalue weighted by atomic mass is 16.2. The first kappa shape index (κ1) is 32.1. The molecule has 7 rings (SSSR count). The maximum Gasteiger partial charge on any atom is 0.269 e. The molecule has 0 unspecified atom stereocenters. The van der Waals surface area contributed by atoms with Crippen LogP contribution < -0.4 is 10.6 Å². The number of imidazole rings is 1.